The molecule has 2 aromatic heterocycles. The molecule has 1 saturated heterocycles. The number of anilines is 1. The molecule has 2 N–H and O–H groups in total. The molecule has 1 aromatic carbocycles. The van der Waals surface area contributed by atoms with E-state index in [9.17, 15) is 9.59 Å². The molecule has 142 valence electrons. The van der Waals surface area contributed by atoms with E-state index in [4.69, 9.17) is 0 Å². The van der Waals surface area contributed by atoms with Gasteiger partial charge >= 0.3 is 5.69 Å². The second kappa shape index (κ2) is 6.70. The molecule has 0 radical (unpaired) electrons. The SMILES string of the molecule is Cc1ccc(C)c(CN2CCN(c3nc4c([nH]3)c(=O)[nH]c(=O)n4C)CC2)c1. The number of fused-ring (bicyclic) bond motifs is 1. The Morgan fingerprint density at radius 3 is 2.56 bits per heavy atom. The van der Waals surface area contributed by atoms with Crippen molar-refractivity contribution >= 4 is 17.1 Å². The predicted octanol–water partition coefficient (Wildman–Crippen LogP) is 0.889. The lowest BCUT2D eigenvalue weighted by Gasteiger charge is -2.34. The van der Waals surface area contributed by atoms with Crippen molar-refractivity contribution in [3.63, 3.8) is 0 Å². The van der Waals surface area contributed by atoms with Gasteiger partial charge < -0.3 is 9.88 Å². The highest BCUT2D eigenvalue weighted by molar-refractivity contribution is 5.72. The summed E-state index contributed by atoms with van der Waals surface area (Å²) in [6, 6.07) is 6.58. The summed E-state index contributed by atoms with van der Waals surface area (Å²) in [4.78, 5) is 38.2. The average Bonchev–Trinajstić information content (AvgIpc) is 3.10. The second-order valence-electron chi connectivity index (χ2n) is 7.27. The number of aryl methyl sites for hydroxylation is 3. The monoisotopic (exact) mass is 368 g/mol. The Morgan fingerprint density at radius 2 is 1.81 bits per heavy atom. The number of imidazole rings is 1. The summed E-state index contributed by atoms with van der Waals surface area (Å²) in [6.07, 6.45) is 0. The van der Waals surface area contributed by atoms with E-state index < -0.39 is 11.2 Å². The van der Waals surface area contributed by atoms with Crippen LogP contribution in [0.4, 0.5) is 5.95 Å². The molecule has 4 rings (SSSR count). The standard InChI is InChI=1S/C19H24N6O2/c1-12-4-5-13(2)14(10-12)11-24-6-8-25(9-7-24)18-20-15-16(21-18)23(3)19(27)22-17(15)26/h4-5,10H,6-9,11H2,1-3H3,(H,20,21)(H,22,26,27). The first kappa shape index (κ1) is 17.5. The zero-order valence-corrected chi connectivity index (χ0v) is 15.9. The first-order valence-corrected chi connectivity index (χ1v) is 9.15. The minimum Gasteiger partial charge on any atom is -0.340 e. The van der Waals surface area contributed by atoms with Crippen molar-refractivity contribution in [3.8, 4) is 0 Å². The van der Waals surface area contributed by atoms with Crippen molar-refractivity contribution in [1.82, 2.24) is 24.4 Å². The Balaban J connectivity index is 1.49. The van der Waals surface area contributed by atoms with Crippen molar-refractivity contribution in [2.24, 2.45) is 7.05 Å². The first-order chi connectivity index (χ1) is 12.9. The summed E-state index contributed by atoms with van der Waals surface area (Å²) in [5, 5.41) is 0. The van der Waals surface area contributed by atoms with Gasteiger partial charge in [0, 0.05) is 39.8 Å². The highest BCUT2D eigenvalue weighted by atomic mass is 16.2. The van der Waals surface area contributed by atoms with Crippen LogP contribution in [0.25, 0.3) is 11.2 Å². The molecule has 1 aliphatic heterocycles. The zero-order valence-electron chi connectivity index (χ0n) is 15.9. The average molecular weight is 368 g/mol. The number of hydrogen-bond acceptors (Lipinski definition) is 5. The molecule has 27 heavy (non-hydrogen) atoms. The molecule has 0 saturated carbocycles. The minimum atomic E-state index is -0.455. The molecule has 1 aliphatic rings. The van der Waals surface area contributed by atoms with E-state index in [1.165, 1.54) is 21.3 Å². The summed E-state index contributed by atoms with van der Waals surface area (Å²) in [6.45, 7) is 8.68. The fraction of sp³-hybridized carbons (Fsp3) is 0.421. The van der Waals surface area contributed by atoms with Crippen molar-refractivity contribution < 1.29 is 0 Å². The summed E-state index contributed by atoms with van der Waals surface area (Å²) in [5.74, 6) is 0.642. The summed E-state index contributed by atoms with van der Waals surface area (Å²) in [7, 11) is 1.60. The van der Waals surface area contributed by atoms with Gasteiger partial charge in [-0.05, 0) is 25.0 Å². The van der Waals surface area contributed by atoms with E-state index in [2.05, 4.69) is 56.8 Å². The number of benzene rings is 1. The van der Waals surface area contributed by atoms with Gasteiger partial charge in [0.1, 0.15) is 0 Å². The molecule has 0 aliphatic carbocycles. The van der Waals surface area contributed by atoms with Crippen LogP contribution in [0.15, 0.2) is 27.8 Å². The van der Waals surface area contributed by atoms with Gasteiger partial charge in [-0.25, -0.2) is 4.79 Å². The summed E-state index contributed by atoms with van der Waals surface area (Å²) in [5.41, 5.74) is 3.81. The third-order valence-corrected chi connectivity index (χ3v) is 5.31. The van der Waals surface area contributed by atoms with E-state index >= 15 is 0 Å². The lowest BCUT2D eigenvalue weighted by molar-refractivity contribution is 0.248. The van der Waals surface area contributed by atoms with Gasteiger partial charge in [-0.2, -0.15) is 4.98 Å². The van der Waals surface area contributed by atoms with Crippen molar-refractivity contribution in [1.29, 1.82) is 0 Å². The lowest BCUT2D eigenvalue weighted by atomic mass is 10.0. The Labute approximate surface area is 156 Å². The molecular weight excluding hydrogens is 344 g/mol. The number of nitrogens with zero attached hydrogens (tertiary/aromatic N) is 4. The van der Waals surface area contributed by atoms with Crippen LogP contribution >= 0.6 is 0 Å². The Hall–Kier alpha value is -2.87. The van der Waals surface area contributed by atoms with Gasteiger partial charge in [0.2, 0.25) is 5.95 Å². The molecular formula is C19H24N6O2. The fourth-order valence-electron chi connectivity index (χ4n) is 3.57. The van der Waals surface area contributed by atoms with Crippen molar-refractivity contribution in [3.05, 3.63) is 55.7 Å². The predicted molar refractivity (Wildman–Crippen MR) is 105 cm³/mol. The molecule has 1 fully saturated rings. The van der Waals surface area contributed by atoms with E-state index in [1.807, 2.05) is 0 Å². The third-order valence-electron chi connectivity index (χ3n) is 5.31. The Kier molecular flexibility index (Phi) is 4.35. The highest BCUT2D eigenvalue weighted by Gasteiger charge is 2.21. The van der Waals surface area contributed by atoms with Gasteiger partial charge in [0.05, 0.1) is 0 Å². The van der Waals surface area contributed by atoms with Crippen LogP contribution in [0.2, 0.25) is 0 Å². The molecule has 8 heteroatoms. The highest BCUT2D eigenvalue weighted by Crippen LogP contribution is 2.18. The third kappa shape index (κ3) is 3.28. The molecule has 3 aromatic rings. The van der Waals surface area contributed by atoms with Gasteiger partial charge in [-0.15, -0.1) is 0 Å². The molecule has 3 heterocycles. The number of aromatic amines is 2. The molecule has 8 nitrogen and oxygen atoms in total. The molecule has 0 atom stereocenters. The second-order valence-corrected chi connectivity index (χ2v) is 7.27. The van der Waals surface area contributed by atoms with Crippen LogP contribution in [0.1, 0.15) is 16.7 Å². The van der Waals surface area contributed by atoms with Gasteiger partial charge in [-0.1, -0.05) is 23.8 Å². The quantitative estimate of drug-likeness (QED) is 0.717. The fourth-order valence-corrected chi connectivity index (χ4v) is 3.57. The lowest BCUT2D eigenvalue weighted by Crippen LogP contribution is -2.46. The molecule has 0 spiro atoms. The Bertz CT molecular complexity index is 1100. The number of hydrogen-bond donors (Lipinski definition) is 2. The van der Waals surface area contributed by atoms with Gasteiger partial charge in [-0.3, -0.25) is 19.2 Å². The van der Waals surface area contributed by atoms with E-state index in [-0.39, 0.29) is 0 Å². The normalized spacial score (nSPS) is 15.6. The number of aromatic nitrogens is 4. The number of nitrogens with one attached hydrogen (secondary N) is 2. The van der Waals surface area contributed by atoms with Crippen LogP contribution in [-0.4, -0.2) is 50.6 Å². The van der Waals surface area contributed by atoms with Crippen LogP contribution in [0.3, 0.4) is 0 Å². The Morgan fingerprint density at radius 1 is 1.07 bits per heavy atom. The summed E-state index contributed by atoms with van der Waals surface area (Å²) >= 11 is 0. The van der Waals surface area contributed by atoms with E-state index in [1.54, 1.807) is 7.05 Å². The minimum absolute atomic E-state index is 0.338. The van der Waals surface area contributed by atoms with Crippen LogP contribution in [0.5, 0.6) is 0 Å². The van der Waals surface area contributed by atoms with E-state index in [0.717, 1.165) is 32.7 Å². The zero-order chi connectivity index (χ0) is 19.1. The maximum absolute atomic E-state index is 12.0. The van der Waals surface area contributed by atoms with E-state index in [0.29, 0.717) is 17.1 Å². The molecule has 0 unspecified atom stereocenters. The number of rotatable bonds is 3. The number of piperazine rings is 1. The maximum Gasteiger partial charge on any atom is 0.329 e. The first-order valence-electron chi connectivity index (χ1n) is 9.15. The summed E-state index contributed by atoms with van der Waals surface area (Å²) < 4.78 is 1.35. The molecule has 0 amide bonds. The largest absolute Gasteiger partial charge is 0.340 e. The smallest absolute Gasteiger partial charge is 0.329 e. The van der Waals surface area contributed by atoms with Crippen LogP contribution < -0.4 is 16.1 Å². The van der Waals surface area contributed by atoms with Crippen LogP contribution in [0, 0.1) is 13.8 Å². The molecule has 0 bridgehead atoms. The number of H-pyrrole nitrogens is 2. The van der Waals surface area contributed by atoms with Gasteiger partial charge in [0.15, 0.2) is 11.2 Å². The topological polar surface area (TPSA) is 90.0 Å². The van der Waals surface area contributed by atoms with Crippen LogP contribution in [-0.2, 0) is 13.6 Å². The van der Waals surface area contributed by atoms with Crippen molar-refractivity contribution in [2.75, 3.05) is 31.1 Å². The van der Waals surface area contributed by atoms with Gasteiger partial charge in [0.25, 0.3) is 5.56 Å². The maximum atomic E-state index is 12.0. The van der Waals surface area contributed by atoms with Crippen molar-refractivity contribution in [2.45, 2.75) is 20.4 Å².